The Morgan fingerprint density at radius 2 is 1.89 bits per heavy atom. The third-order valence-corrected chi connectivity index (χ3v) is 5.16. The third-order valence-electron chi connectivity index (χ3n) is 4.91. The predicted molar refractivity (Wildman–Crippen MR) is 106 cm³/mol. The summed E-state index contributed by atoms with van der Waals surface area (Å²) in [7, 11) is 0. The van der Waals surface area contributed by atoms with Crippen LogP contribution in [-0.4, -0.2) is 58.0 Å². The number of halogens is 1. The van der Waals surface area contributed by atoms with Gasteiger partial charge in [-0.3, -0.25) is 4.79 Å². The Labute approximate surface area is 162 Å². The summed E-state index contributed by atoms with van der Waals surface area (Å²) in [5, 5.41) is 1.67. The summed E-state index contributed by atoms with van der Waals surface area (Å²) < 4.78 is 0. The van der Waals surface area contributed by atoms with Gasteiger partial charge < -0.3 is 20.5 Å². The molecule has 0 bridgehead atoms. The molecule has 0 aliphatic carbocycles. The van der Waals surface area contributed by atoms with E-state index in [1.807, 2.05) is 41.4 Å². The minimum atomic E-state index is -0.548. The lowest BCUT2D eigenvalue weighted by molar-refractivity contribution is -0.132. The lowest BCUT2D eigenvalue weighted by atomic mass is 10.1. The summed E-state index contributed by atoms with van der Waals surface area (Å²) in [6, 6.07) is 8.87. The van der Waals surface area contributed by atoms with Gasteiger partial charge in [-0.1, -0.05) is 23.7 Å². The average Bonchev–Trinajstić information content (AvgIpc) is 3.18. The van der Waals surface area contributed by atoms with E-state index in [0.29, 0.717) is 24.5 Å². The average molecular weight is 385 g/mol. The van der Waals surface area contributed by atoms with E-state index in [1.165, 1.54) is 0 Å². The van der Waals surface area contributed by atoms with Crippen molar-refractivity contribution in [3.8, 4) is 0 Å². The van der Waals surface area contributed by atoms with Crippen molar-refractivity contribution in [3.05, 3.63) is 53.4 Å². The van der Waals surface area contributed by atoms with Crippen molar-refractivity contribution in [3.63, 3.8) is 0 Å². The molecule has 3 N–H and O–H groups in total. The highest BCUT2D eigenvalue weighted by Gasteiger charge is 2.26. The highest BCUT2D eigenvalue weighted by Crippen LogP contribution is 2.23. The fourth-order valence-electron chi connectivity index (χ4n) is 3.45. The molecule has 1 saturated heterocycles. The van der Waals surface area contributed by atoms with Gasteiger partial charge in [0.25, 0.3) is 0 Å². The van der Waals surface area contributed by atoms with Gasteiger partial charge in [0.15, 0.2) is 0 Å². The summed E-state index contributed by atoms with van der Waals surface area (Å²) in [4.78, 5) is 28.5. The zero-order valence-corrected chi connectivity index (χ0v) is 15.6. The number of carbonyl (C=O) groups excluding carboxylic acids is 1. The lowest BCUT2D eigenvalue weighted by Gasteiger charge is -2.36. The van der Waals surface area contributed by atoms with E-state index in [0.717, 1.165) is 35.5 Å². The van der Waals surface area contributed by atoms with E-state index in [2.05, 4.69) is 19.9 Å². The molecule has 0 radical (unpaired) electrons. The fourth-order valence-corrected chi connectivity index (χ4v) is 3.57. The van der Waals surface area contributed by atoms with E-state index in [4.69, 9.17) is 17.3 Å². The zero-order chi connectivity index (χ0) is 18.8. The van der Waals surface area contributed by atoms with Crippen LogP contribution in [0.4, 0.5) is 5.82 Å². The fraction of sp³-hybridized carbons (Fsp3) is 0.316. The van der Waals surface area contributed by atoms with E-state index < -0.39 is 6.04 Å². The van der Waals surface area contributed by atoms with Gasteiger partial charge in [-0.05, 0) is 30.2 Å². The van der Waals surface area contributed by atoms with Gasteiger partial charge in [0.1, 0.15) is 17.8 Å². The number of carbonyl (C=O) groups is 1. The number of nitrogens with one attached hydrogen (secondary N) is 1. The maximum atomic E-state index is 12.7. The number of anilines is 1. The standard InChI is InChI=1S/C19H21ClN6O/c20-14-3-1-13(2-4-14)11-16(21)19(27)26-9-7-25(8-10-26)18-15-5-6-22-17(15)23-12-24-18/h1-6,12,16H,7-11,21H2,(H,22,23,24)/t16-/m1/s1. The molecule has 2 aromatic heterocycles. The molecule has 1 aromatic carbocycles. The molecule has 1 amide bonds. The number of benzene rings is 1. The summed E-state index contributed by atoms with van der Waals surface area (Å²) >= 11 is 5.90. The number of fused-ring (bicyclic) bond motifs is 1. The number of rotatable bonds is 4. The first-order chi connectivity index (χ1) is 13.1. The molecule has 140 valence electrons. The normalized spacial score (nSPS) is 15.9. The molecule has 3 aromatic rings. The van der Waals surface area contributed by atoms with Crippen molar-refractivity contribution in [1.29, 1.82) is 0 Å². The van der Waals surface area contributed by atoms with Crippen LogP contribution in [0.15, 0.2) is 42.9 Å². The Morgan fingerprint density at radius 3 is 2.63 bits per heavy atom. The number of aromatic amines is 1. The highest BCUT2D eigenvalue weighted by atomic mass is 35.5. The van der Waals surface area contributed by atoms with Crippen LogP contribution in [-0.2, 0) is 11.2 Å². The van der Waals surface area contributed by atoms with Crippen LogP contribution in [0.3, 0.4) is 0 Å². The first-order valence-corrected chi connectivity index (χ1v) is 9.31. The van der Waals surface area contributed by atoms with E-state index >= 15 is 0 Å². The van der Waals surface area contributed by atoms with Crippen LogP contribution in [0, 0.1) is 0 Å². The second kappa shape index (κ2) is 7.54. The maximum Gasteiger partial charge on any atom is 0.239 e. The summed E-state index contributed by atoms with van der Waals surface area (Å²) in [6.45, 7) is 2.69. The smallest absolute Gasteiger partial charge is 0.239 e. The van der Waals surface area contributed by atoms with E-state index in [-0.39, 0.29) is 5.91 Å². The van der Waals surface area contributed by atoms with Crippen LogP contribution in [0.25, 0.3) is 11.0 Å². The summed E-state index contributed by atoms with van der Waals surface area (Å²) in [6.07, 6.45) is 3.93. The number of nitrogens with zero attached hydrogens (tertiary/aromatic N) is 4. The number of aromatic nitrogens is 3. The first kappa shape index (κ1) is 17.8. The van der Waals surface area contributed by atoms with Crippen molar-refractivity contribution in [2.75, 3.05) is 31.1 Å². The predicted octanol–water partition coefficient (Wildman–Crippen LogP) is 1.83. The molecule has 4 rings (SSSR count). The van der Waals surface area contributed by atoms with Gasteiger partial charge in [-0.15, -0.1) is 0 Å². The summed E-state index contributed by atoms with van der Waals surface area (Å²) in [5.74, 6) is 0.887. The summed E-state index contributed by atoms with van der Waals surface area (Å²) in [5.41, 5.74) is 7.99. The van der Waals surface area contributed by atoms with Crippen molar-refractivity contribution >= 4 is 34.4 Å². The van der Waals surface area contributed by atoms with Crippen LogP contribution in [0.5, 0.6) is 0 Å². The van der Waals surface area contributed by atoms with Crippen LogP contribution >= 0.6 is 11.6 Å². The molecule has 1 atom stereocenters. The number of nitrogens with two attached hydrogens (primary N) is 1. The van der Waals surface area contributed by atoms with Gasteiger partial charge in [0, 0.05) is 37.4 Å². The van der Waals surface area contributed by atoms with Crippen molar-refractivity contribution in [1.82, 2.24) is 19.9 Å². The molecule has 0 saturated carbocycles. The molecule has 1 aliphatic heterocycles. The molecule has 1 fully saturated rings. The number of amides is 1. The molecular formula is C19H21ClN6O. The molecule has 27 heavy (non-hydrogen) atoms. The van der Waals surface area contributed by atoms with Crippen LogP contribution in [0.2, 0.25) is 5.02 Å². The molecule has 7 nitrogen and oxygen atoms in total. The zero-order valence-electron chi connectivity index (χ0n) is 14.8. The second-order valence-electron chi connectivity index (χ2n) is 6.69. The van der Waals surface area contributed by atoms with Crippen LogP contribution in [0.1, 0.15) is 5.56 Å². The molecular weight excluding hydrogens is 364 g/mol. The number of hydrogen-bond donors (Lipinski definition) is 2. The lowest BCUT2D eigenvalue weighted by Crippen LogP contribution is -2.53. The van der Waals surface area contributed by atoms with Gasteiger partial charge in [-0.25, -0.2) is 9.97 Å². The minimum Gasteiger partial charge on any atom is -0.352 e. The highest BCUT2D eigenvalue weighted by molar-refractivity contribution is 6.30. The van der Waals surface area contributed by atoms with Gasteiger partial charge in [0.2, 0.25) is 5.91 Å². The minimum absolute atomic E-state index is 0.0147. The topological polar surface area (TPSA) is 91.1 Å². The molecule has 3 heterocycles. The van der Waals surface area contributed by atoms with Gasteiger partial charge in [0.05, 0.1) is 11.4 Å². The first-order valence-electron chi connectivity index (χ1n) is 8.93. The largest absolute Gasteiger partial charge is 0.352 e. The second-order valence-corrected chi connectivity index (χ2v) is 7.12. The quantitative estimate of drug-likeness (QED) is 0.716. The Bertz CT molecular complexity index is 933. The van der Waals surface area contributed by atoms with E-state index in [1.54, 1.807) is 6.33 Å². The van der Waals surface area contributed by atoms with Crippen molar-refractivity contribution in [2.45, 2.75) is 12.5 Å². The Morgan fingerprint density at radius 1 is 1.15 bits per heavy atom. The van der Waals surface area contributed by atoms with Gasteiger partial charge >= 0.3 is 0 Å². The number of H-pyrrole nitrogens is 1. The van der Waals surface area contributed by atoms with Crippen molar-refractivity contribution in [2.24, 2.45) is 5.73 Å². The van der Waals surface area contributed by atoms with Gasteiger partial charge in [-0.2, -0.15) is 0 Å². The van der Waals surface area contributed by atoms with Crippen molar-refractivity contribution < 1.29 is 4.79 Å². The molecule has 0 unspecified atom stereocenters. The third kappa shape index (κ3) is 3.74. The Balaban J connectivity index is 1.37. The molecule has 8 heteroatoms. The monoisotopic (exact) mass is 384 g/mol. The Hall–Kier alpha value is -2.64. The maximum absolute atomic E-state index is 12.7. The number of piperazine rings is 1. The molecule has 1 aliphatic rings. The van der Waals surface area contributed by atoms with Crippen LogP contribution < -0.4 is 10.6 Å². The Kier molecular flexibility index (Phi) is 4.96. The van der Waals surface area contributed by atoms with E-state index in [9.17, 15) is 4.79 Å². The number of hydrogen-bond acceptors (Lipinski definition) is 5. The SMILES string of the molecule is N[C@H](Cc1ccc(Cl)cc1)C(=O)N1CCN(c2ncnc3[nH]ccc23)CC1. The molecule has 0 spiro atoms.